The van der Waals surface area contributed by atoms with Crippen LogP contribution in [-0.2, 0) is 6.54 Å². The first kappa shape index (κ1) is 13.6. The molecule has 3 heteroatoms. The fourth-order valence-electron chi connectivity index (χ4n) is 2.42. The van der Waals surface area contributed by atoms with Gasteiger partial charge in [0.1, 0.15) is 0 Å². The van der Waals surface area contributed by atoms with Crippen molar-refractivity contribution < 1.29 is 0 Å². The zero-order valence-corrected chi connectivity index (χ0v) is 12.3. The van der Waals surface area contributed by atoms with Crippen LogP contribution >= 0.6 is 0 Å². The maximum Gasteiger partial charge on any atom is 0.261 e. The van der Waals surface area contributed by atoms with Crippen molar-refractivity contribution in [2.45, 2.75) is 26.3 Å². The molecule has 0 unspecified atom stereocenters. The SMILES string of the molecule is CC(C)c1ccc(Cn2cnc3ccccc3c2=O)cc1. The average Bonchev–Trinajstić information content (AvgIpc) is 2.51. The Labute approximate surface area is 123 Å². The lowest BCUT2D eigenvalue weighted by atomic mass is 10.0. The lowest BCUT2D eigenvalue weighted by molar-refractivity contribution is 0.747. The van der Waals surface area contributed by atoms with E-state index in [2.05, 4.69) is 43.1 Å². The molecule has 0 atom stereocenters. The highest BCUT2D eigenvalue weighted by Crippen LogP contribution is 2.15. The van der Waals surface area contributed by atoms with Gasteiger partial charge >= 0.3 is 0 Å². The van der Waals surface area contributed by atoms with Crippen LogP contribution in [0.4, 0.5) is 0 Å². The minimum Gasteiger partial charge on any atom is -0.294 e. The highest BCUT2D eigenvalue weighted by atomic mass is 16.1. The largest absolute Gasteiger partial charge is 0.294 e. The number of nitrogens with zero attached hydrogens (tertiary/aromatic N) is 2. The smallest absolute Gasteiger partial charge is 0.261 e. The summed E-state index contributed by atoms with van der Waals surface area (Å²) in [6, 6.07) is 15.9. The Balaban J connectivity index is 1.94. The van der Waals surface area contributed by atoms with Crippen molar-refractivity contribution in [3.8, 4) is 0 Å². The van der Waals surface area contributed by atoms with E-state index in [0.29, 0.717) is 17.8 Å². The first-order valence-electron chi connectivity index (χ1n) is 7.18. The van der Waals surface area contributed by atoms with Crippen LogP contribution in [0.3, 0.4) is 0 Å². The van der Waals surface area contributed by atoms with E-state index in [-0.39, 0.29) is 5.56 Å². The van der Waals surface area contributed by atoms with Crippen LogP contribution in [0.15, 0.2) is 59.7 Å². The van der Waals surface area contributed by atoms with E-state index in [0.717, 1.165) is 11.1 Å². The van der Waals surface area contributed by atoms with Crippen LogP contribution in [-0.4, -0.2) is 9.55 Å². The molecule has 0 radical (unpaired) electrons. The average molecular weight is 278 g/mol. The molecule has 0 aliphatic heterocycles. The predicted octanol–water partition coefficient (Wildman–Crippen LogP) is 3.57. The topological polar surface area (TPSA) is 34.9 Å². The Morgan fingerprint density at radius 3 is 2.48 bits per heavy atom. The van der Waals surface area contributed by atoms with Gasteiger partial charge in [-0.15, -0.1) is 0 Å². The van der Waals surface area contributed by atoms with Gasteiger partial charge in [0.15, 0.2) is 0 Å². The minimum absolute atomic E-state index is 0.00790. The van der Waals surface area contributed by atoms with Crippen LogP contribution in [0, 0.1) is 0 Å². The van der Waals surface area contributed by atoms with Gasteiger partial charge in [0.2, 0.25) is 0 Å². The molecule has 3 rings (SSSR count). The summed E-state index contributed by atoms with van der Waals surface area (Å²) in [4.78, 5) is 16.8. The third kappa shape index (κ3) is 2.72. The second-order valence-corrected chi connectivity index (χ2v) is 5.59. The molecule has 0 aliphatic rings. The van der Waals surface area contributed by atoms with Gasteiger partial charge in [-0.25, -0.2) is 4.98 Å². The van der Waals surface area contributed by atoms with Gasteiger partial charge in [0.05, 0.1) is 23.8 Å². The molecule has 21 heavy (non-hydrogen) atoms. The fraction of sp³-hybridized carbons (Fsp3) is 0.222. The Kier molecular flexibility index (Phi) is 3.57. The van der Waals surface area contributed by atoms with Gasteiger partial charge in [-0.05, 0) is 29.2 Å². The summed E-state index contributed by atoms with van der Waals surface area (Å²) in [5, 5.41) is 0.666. The van der Waals surface area contributed by atoms with Crippen molar-refractivity contribution >= 4 is 10.9 Å². The van der Waals surface area contributed by atoms with Crippen molar-refractivity contribution in [3.63, 3.8) is 0 Å². The number of hydrogen-bond donors (Lipinski definition) is 0. The molecule has 3 aromatic rings. The summed E-state index contributed by atoms with van der Waals surface area (Å²) >= 11 is 0. The molecule has 0 spiro atoms. The lowest BCUT2D eigenvalue weighted by Crippen LogP contribution is -2.21. The van der Waals surface area contributed by atoms with Gasteiger partial charge in [-0.2, -0.15) is 0 Å². The Bertz CT molecular complexity index is 816. The van der Waals surface area contributed by atoms with Crippen LogP contribution in [0.5, 0.6) is 0 Å². The minimum atomic E-state index is 0.00790. The fourth-order valence-corrected chi connectivity index (χ4v) is 2.42. The Morgan fingerprint density at radius 1 is 1.05 bits per heavy atom. The first-order valence-corrected chi connectivity index (χ1v) is 7.18. The molecule has 3 nitrogen and oxygen atoms in total. The van der Waals surface area contributed by atoms with E-state index in [9.17, 15) is 4.79 Å². The third-order valence-corrected chi connectivity index (χ3v) is 3.73. The van der Waals surface area contributed by atoms with Gasteiger partial charge in [-0.3, -0.25) is 9.36 Å². The van der Waals surface area contributed by atoms with Crippen molar-refractivity contribution in [1.29, 1.82) is 0 Å². The van der Waals surface area contributed by atoms with E-state index in [1.54, 1.807) is 10.9 Å². The number of para-hydroxylation sites is 1. The highest BCUT2D eigenvalue weighted by molar-refractivity contribution is 5.76. The summed E-state index contributed by atoms with van der Waals surface area (Å²) in [6.07, 6.45) is 1.63. The van der Waals surface area contributed by atoms with E-state index in [4.69, 9.17) is 0 Å². The summed E-state index contributed by atoms with van der Waals surface area (Å²) in [5.74, 6) is 0.518. The molecule has 0 amide bonds. The van der Waals surface area contributed by atoms with Crippen LogP contribution in [0.1, 0.15) is 30.9 Å². The standard InChI is InChI=1S/C18H18N2O/c1-13(2)15-9-7-14(8-10-15)11-20-12-19-17-6-4-3-5-16(17)18(20)21/h3-10,12-13H,11H2,1-2H3. The lowest BCUT2D eigenvalue weighted by Gasteiger charge is -2.09. The number of benzene rings is 2. The molecule has 2 aromatic carbocycles. The number of hydrogen-bond acceptors (Lipinski definition) is 2. The molecule has 1 heterocycles. The highest BCUT2D eigenvalue weighted by Gasteiger charge is 2.04. The zero-order chi connectivity index (χ0) is 14.8. The summed E-state index contributed by atoms with van der Waals surface area (Å²) in [5.41, 5.74) is 3.17. The van der Waals surface area contributed by atoms with Gasteiger partial charge in [0.25, 0.3) is 5.56 Å². The summed E-state index contributed by atoms with van der Waals surface area (Å²) in [6.45, 7) is 4.90. The van der Waals surface area contributed by atoms with Crippen molar-refractivity contribution in [3.05, 3.63) is 76.3 Å². The molecule has 0 bridgehead atoms. The molecule has 0 N–H and O–H groups in total. The van der Waals surface area contributed by atoms with Crippen LogP contribution in [0.2, 0.25) is 0 Å². The quantitative estimate of drug-likeness (QED) is 0.734. The maximum absolute atomic E-state index is 12.4. The Morgan fingerprint density at radius 2 is 1.76 bits per heavy atom. The van der Waals surface area contributed by atoms with E-state index >= 15 is 0 Å². The summed E-state index contributed by atoms with van der Waals surface area (Å²) < 4.78 is 1.66. The molecular weight excluding hydrogens is 260 g/mol. The molecular formula is C18H18N2O. The van der Waals surface area contributed by atoms with Crippen LogP contribution < -0.4 is 5.56 Å². The van der Waals surface area contributed by atoms with Gasteiger partial charge in [-0.1, -0.05) is 50.2 Å². The second kappa shape index (κ2) is 5.52. The molecule has 0 aliphatic carbocycles. The molecule has 0 fully saturated rings. The number of aromatic nitrogens is 2. The normalized spacial score (nSPS) is 11.2. The zero-order valence-electron chi connectivity index (χ0n) is 12.3. The molecule has 0 saturated heterocycles. The number of rotatable bonds is 3. The van der Waals surface area contributed by atoms with E-state index < -0.39 is 0 Å². The van der Waals surface area contributed by atoms with Gasteiger partial charge < -0.3 is 0 Å². The third-order valence-electron chi connectivity index (χ3n) is 3.73. The maximum atomic E-state index is 12.4. The van der Waals surface area contributed by atoms with Gasteiger partial charge in [0, 0.05) is 0 Å². The second-order valence-electron chi connectivity index (χ2n) is 5.59. The van der Waals surface area contributed by atoms with Crippen LogP contribution in [0.25, 0.3) is 10.9 Å². The van der Waals surface area contributed by atoms with E-state index in [1.807, 2.05) is 24.3 Å². The van der Waals surface area contributed by atoms with Crippen molar-refractivity contribution in [2.75, 3.05) is 0 Å². The van der Waals surface area contributed by atoms with Crippen molar-refractivity contribution in [1.82, 2.24) is 9.55 Å². The number of fused-ring (bicyclic) bond motifs is 1. The Hall–Kier alpha value is -2.42. The predicted molar refractivity (Wildman–Crippen MR) is 85.6 cm³/mol. The monoisotopic (exact) mass is 278 g/mol. The van der Waals surface area contributed by atoms with E-state index in [1.165, 1.54) is 5.56 Å². The molecule has 0 saturated carbocycles. The first-order chi connectivity index (χ1) is 10.1. The summed E-state index contributed by atoms with van der Waals surface area (Å²) in [7, 11) is 0. The molecule has 106 valence electrons. The molecule has 1 aromatic heterocycles. The van der Waals surface area contributed by atoms with Crippen molar-refractivity contribution in [2.24, 2.45) is 0 Å².